The monoisotopic (exact) mass is 431 g/mol. The number of benzene rings is 1. The second-order valence-corrected chi connectivity index (χ2v) is 7.51. The number of piperidine rings is 1. The Morgan fingerprint density at radius 2 is 1.97 bits per heavy atom. The predicted molar refractivity (Wildman–Crippen MR) is 119 cm³/mol. The summed E-state index contributed by atoms with van der Waals surface area (Å²) in [6.45, 7) is 1.52. The van der Waals surface area contributed by atoms with Crippen molar-refractivity contribution in [2.24, 2.45) is 10.8 Å². The Morgan fingerprint density at radius 3 is 2.62 bits per heavy atom. The van der Waals surface area contributed by atoms with E-state index in [9.17, 15) is 4.39 Å². The van der Waals surface area contributed by atoms with Gasteiger partial charge in [0.05, 0.1) is 23.1 Å². The van der Waals surface area contributed by atoms with Crippen LogP contribution < -0.4 is 16.0 Å². The minimum absolute atomic E-state index is 0.0419. The molecule has 162 valence electrons. The van der Waals surface area contributed by atoms with Gasteiger partial charge in [-0.05, 0) is 31.0 Å². The van der Waals surface area contributed by atoms with Crippen LogP contribution in [0, 0.1) is 22.7 Å². The molecule has 1 aliphatic rings. The fourth-order valence-electron chi connectivity index (χ4n) is 3.69. The van der Waals surface area contributed by atoms with E-state index in [1.165, 1.54) is 12.1 Å². The van der Waals surface area contributed by atoms with Gasteiger partial charge in [-0.15, -0.1) is 0 Å². The van der Waals surface area contributed by atoms with Crippen LogP contribution in [0.1, 0.15) is 18.4 Å². The van der Waals surface area contributed by atoms with Gasteiger partial charge in [-0.3, -0.25) is 4.98 Å². The molecule has 10 heteroatoms. The molecule has 32 heavy (non-hydrogen) atoms. The lowest BCUT2D eigenvalue weighted by atomic mass is 10.0. The highest BCUT2D eigenvalue weighted by Gasteiger charge is 2.21. The van der Waals surface area contributed by atoms with E-state index in [0.29, 0.717) is 39.8 Å². The highest BCUT2D eigenvalue weighted by Crippen LogP contribution is 2.34. The maximum Gasteiger partial charge on any atom is 0.153 e. The lowest BCUT2D eigenvalue weighted by molar-refractivity contribution is 0.498. The number of nitrogens with two attached hydrogens (primary N) is 1. The first-order valence-electron chi connectivity index (χ1n) is 10.2. The van der Waals surface area contributed by atoms with E-state index in [0.717, 1.165) is 25.9 Å². The number of nitriles is 1. The van der Waals surface area contributed by atoms with Crippen LogP contribution in [0.5, 0.6) is 0 Å². The summed E-state index contributed by atoms with van der Waals surface area (Å²) in [6, 6.07) is 8.05. The largest absolute Gasteiger partial charge is 0.371 e. The lowest BCUT2D eigenvalue weighted by Gasteiger charge is -2.31. The molecule has 0 atom stereocenters. The van der Waals surface area contributed by atoms with Crippen LogP contribution in [0.15, 0.2) is 41.8 Å². The highest BCUT2D eigenvalue weighted by atomic mass is 19.1. The number of aromatic nitrogens is 3. The van der Waals surface area contributed by atoms with E-state index < -0.39 is 5.82 Å². The van der Waals surface area contributed by atoms with Crippen LogP contribution in [0.4, 0.5) is 21.7 Å². The van der Waals surface area contributed by atoms with Gasteiger partial charge in [-0.1, -0.05) is 6.07 Å². The summed E-state index contributed by atoms with van der Waals surface area (Å²) in [7, 11) is 1.70. The Kier molecular flexibility index (Phi) is 6.00. The van der Waals surface area contributed by atoms with Crippen molar-refractivity contribution in [1.82, 2.24) is 15.0 Å². The molecule has 1 saturated heterocycles. The highest BCUT2D eigenvalue weighted by molar-refractivity contribution is 5.81. The molecule has 0 unspecified atom stereocenters. The maximum absolute atomic E-state index is 14.4. The van der Waals surface area contributed by atoms with Crippen LogP contribution in [0.2, 0.25) is 0 Å². The molecule has 0 saturated carbocycles. The van der Waals surface area contributed by atoms with Crippen LogP contribution in [-0.4, -0.2) is 41.1 Å². The first kappa shape index (κ1) is 21.3. The molecule has 4 rings (SSSR count). The van der Waals surface area contributed by atoms with Crippen LogP contribution in [-0.2, 0) is 0 Å². The van der Waals surface area contributed by atoms with Gasteiger partial charge in [0, 0.05) is 43.5 Å². The second kappa shape index (κ2) is 9.03. The van der Waals surface area contributed by atoms with Crippen molar-refractivity contribution in [2.45, 2.75) is 18.9 Å². The van der Waals surface area contributed by atoms with E-state index in [1.54, 1.807) is 31.6 Å². The number of nitrogens with one attached hydrogen (secondary N) is 2. The van der Waals surface area contributed by atoms with Crippen molar-refractivity contribution in [3.8, 4) is 28.6 Å². The minimum Gasteiger partial charge on any atom is -0.371 e. The van der Waals surface area contributed by atoms with Crippen molar-refractivity contribution >= 4 is 17.3 Å². The topological polar surface area (TPSA) is 140 Å². The lowest BCUT2D eigenvalue weighted by Crippen LogP contribution is -2.40. The van der Waals surface area contributed by atoms with Gasteiger partial charge >= 0.3 is 0 Å². The molecule has 0 aliphatic carbocycles. The Balaban J connectivity index is 1.85. The Morgan fingerprint density at radius 1 is 1.19 bits per heavy atom. The van der Waals surface area contributed by atoms with Crippen LogP contribution in [0.25, 0.3) is 22.5 Å². The molecule has 2 aromatic heterocycles. The third-order valence-electron chi connectivity index (χ3n) is 5.48. The molecule has 9 nitrogen and oxygen atoms in total. The number of rotatable bonds is 5. The van der Waals surface area contributed by atoms with Gasteiger partial charge in [-0.25, -0.2) is 19.9 Å². The minimum atomic E-state index is -0.627. The van der Waals surface area contributed by atoms with E-state index in [2.05, 4.69) is 25.3 Å². The number of nitrogens with zero attached hydrogens (tertiary/aromatic N) is 6. The molecule has 3 aromatic rings. The zero-order chi connectivity index (χ0) is 22.7. The molecule has 1 aliphatic heterocycles. The van der Waals surface area contributed by atoms with Gasteiger partial charge in [0.1, 0.15) is 23.4 Å². The molecular formula is C22H22FN9. The van der Waals surface area contributed by atoms with Crippen molar-refractivity contribution < 1.29 is 4.39 Å². The summed E-state index contributed by atoms with van der Waals surface area (Å²) in [6.07, 6.45) is 4.99. The first-order valence-corrected chi connectivity index (χ1v) is 10.2. The first-order chi connectivity index (χ1) is 15.5. The third-order valence-corrected chi connectivity index (χ3v) is 5.48. The number of halogens is 1. The Bertz CT molecular complexity index is 1200. The molecule has 0 radical (unpaired) electrons. The molecule has 3 heterocycles. The van der Waals surface area contributed by atoms with Crippen molar-refractivity contribution in [3.05, 3.63) is 48.0 Å². The van der Waals surface area contributed by atoms with Gasteiger partial charge in [-0.2, -0.15) is 10.4 Å². The standard InChI is InChI=1S/C22H22FN9/c1-27-22-18(31-26)9-15(11-29-22)20-21(13-2-3-14(10-24)17(23)8-13)30-19(12-28-20)32-6-4-16(25)5-7-32/h2-3,8-9,11-12,16,26H,4-7,25H2,1H3,(H,27,29). The van der Waals surface area contributed by atoms with Gasteiger partial charge in [0.25, 0.3) is 0 Å². The molecule has 1 aromatic carbocycles. The van der Waals surface area contributed by atoms with E-state index >= 15 is 0 Å². The maximum atomic E-state index is 14.4. The molecule has 0 spiro atoms. The summed E-state index contributed by atoms with van der Waals surface area (Å²) >= 11 is 0. The normalized spacial score (nSPS) is 14.1. The van der Waals surface area contributed by atoms with Gasteiger partial charge in [0.15, 0.2) is 5.82 Å². The Hall–Kier alpha value is -3.97. The summed E-state index contributed by atoms with van der Waals surface area (Å²) in [5, 5.41) is 15.5. The average molecular weight is 431 g/mol. The summed E-state index contributed by atoms with van der Waals surface area (Å²) in [4.78, 5) is 15.9. The molecule has 0 bridgehead atoms. The smallest absolute Gasteiger partial charge is 0.153 e. The zero-order valence-corrected chi connectivity index (χ0v) is 17.5. The van der Waals surface area contributed by atoms with Crippen molar-refractivity contribution in [2.75, 3.05) is 30.4 Å². The quantitative estimate of drug-likeness (QED) is 0.521. The molecule has 0 amide bonds. The van der Waals surface area contributed by atoms with Gasteiger partial charge in [0.2, 0.25) is 0 Å². The average Bonchev–Trinajstić information content (AvgIpc) is 2.83. The SMILES string of the molecule is CNc1ncc(-c2ncc(N3CCC(N)CC3)nc2-c2ccc(C#N)c(F)c2)cc1N=N. The number of pyridine rings is 1. The third kappa shape index (κ3) is 4.10. The number of hydrogen-bond acceptors (Lipinski definition) is 9. The predicted octanol–water partition coefficient (Wildman–Crippen LogP) is 3.85. The fourth-order valence-corrected chi connectivity index (χ4v) is 3.69. The van der Waals surface area contributed by atoms with Crippen LogP contribution >= 0.6 is 0 Å². The summed E-state index contributed by atoms with van der Waals surface area (Å²) < 4.78 is 14.4. The summed E-state index contributed by atoms with van der Waals surface area (Å²) in [5.74, 6) is 0.507. The zero-order valence-electron chi connectivity index (χ0n) is 17.5. The van der Waals surface area contributed by atoms with E-state index in [4.69, 9.17) is 21.5 Å². The summed E-state index contributed by atoms with van der Waals surface area (Å²) in [5.41, 5.74) is 15.8. The van der Waals surface area contributed by atoms with Crippen molar-refractivity contribution in [1.29, 1.82) is 10.8 Å². The molecular weight excluding hydrogens is 409 g/mol. The Labute approximate surface area is 184 Å². The fraction of sp³-hybridized carbons (Fsp3) is 0.273. The molecule has 1 fully saturated rings. The van der Waals surface area contributed by atoms with E-state index in [1.807, 2.05) is 6.07 Å². The van der Waals surface area contributed by atoms with Gasteiger partial charge < -0.3 is 16.0 Å². The molecule has 4 N–H and O–H groups in total. The van der Waals surface area contributed by atoms with Crippen molar-refractivity contribution in [3.63, 3.8) is 0 Å². The van der Waals surface area contributed by atoms with E-state index in [-0.39, 0.29) is 11.6 Å². The second-order valence-electron chi connectivity index (χ2n) is 7.51. The van der Waals surface area contributed by atoms with Crippen LogP contribution in [0.3, 0.4) is 0 Å². The number of anilines is 2. The number of hydrogen-bond donors (Lipinski definition) is 3.